The number of benzene rings is 2. The van der Waals surface area contributed by atoms with Crippen LogP contribution in [0.3, 0.4) is 0 Å². The van der Waals surface area contributed by atoms with Crippen LogP contribution in [-0.2, 0) is 0 Å². The second-order valence-electron chi connectivity index (χ2n) is 4.04. The van der Waals surface area contributed by atoms with Crippen molar-refractivity contribution in [3.05, 3.63) is 62.3 Å². The monoisotopic (exact) mass is 352 g/mol. The molecule has 6 heteroatoms. The molecule has 0 aliphatic carbocycles. The van der Waals surface area contributed by atoms with Crippen molar-refractivity contribution in [2.45, 2.75) is 5.38 Å². The summed E-state index contributed by atoms with van der Waals surface area (Å²) in [5.41, 5.74) is 1.11. The van der Waals surface area contributed by atoms with E-state index in [-0.39, 0.29) is 5.02 Å². The Balaban J connectivity index is 2.45. The summed E-state index contributed by atoms with van der Waals surface area (Å²) >= 11 is 24.2. The van der Waals surface area contributed by atoms with Crippen LogP contribution in [0.5, 0.6) is 5.75 Å². The van der Waals surface area contributed by atoms with Gasteiger partial charge in [-0.1, -0.05) is 40.9 Å². The molecule has 106 valence electrons. The Morgan fingerprint density at radius 2 is 1.70 bits per heavy atom. The van der Waals surface area contributed by atoms with E-state index < -0.39 is 11.2 Å². The molecule has 0 aliphatic heterocycles. The molecule has 0 aliphatic rings. The maximum atomic E-state index is 13.5. The average Bonchev–Trinajstić information content (AvgIpc) is 2.43. The maximum absolute atomic E-state index is 13.5. The van der Waals surface area contributed by atoms with E-state index in [1.165, 1.54) is 19.2 Å². The van der Waals surface area contributed by atoms with Crippen molar-refractivity contribution in [1.82, 2.24) is 0 Å². The largest absolute Gasteiger partial charge is 0.495 e. The Hall–Kier alpha value is -0.670. The summed E-state index contributed by atoms with van der Waals surface area (Å²) in [5.74, 6) is -0.0860. The zero-order valence-corrected chi connectivity index (χ0v) is 13.3. The third kappa shape index (κ3) is 3.15. The first kappa shape index (κ1) is 15.7. The molecule has 0 bridgehead atoms. The zero-order valence-electron chi connectivity index (χ0n) is 10.3. The Morgan fingerprint density at radius 1 is 1.00 bits per heavy atom. The highest BCUT2D eigenvalue weighted by atomic mass is 35.5. The third-order valence-electron chi connectivity index (χ3n) is 2.78. The minimum absolute atomic E-state index is 0.0384. The first-order valence-corrected chi connectivity index (χ1v) is 7.13. The highest BCUT2D eigenvalue weighted by molar-refractivity contribution is 6.36. The first-order chi connectivity index (χ1) is 9.43. The van der Waals surface area contributed by atoms with Gasteiger partial charge in [-0.3, -0.25) is 0 Å². The average molecular weight is 354 g/mol. The van der Waals surface area contributed by atoms with Gasteiger partial charge in [0, 0.05) is 11.1 Å². The molecule has 1 nitrogen and oxygen atoms in total. The van der Waals surface area contributed by atoms with Crippen LogP contribution in [0.2, 0.25) is 15.1 Å². The molecule has 2 rings (SSSR count). The lowest BCUT2D eigenvalue weighted by Crippen LogP contribution is -1.97. The van der Waals surface area contributed by atoms with E-state index >= 15 is 0 Å². The van der Waals surface area contributed by atoms with Gasteiger partial charge in [0.2, 0.25) is 0 Å². The van der Waals surface area contributed by atoms with Crippen LogP contribution in [0.15, 0.2) is 30.3 Å². The number of rotatable bonds is 3. The molecule has 0 heterocycles. The van der Waals surface area contributed by atoms with E-state index in [2.05, 4.69) is 0 Å². The topological polar surface area (TPSA) is 9.23 Å². The molecule has 0 saturated carbocycles. The van der Waals surface area contributed by atoms with Crippen LogP contribution in [0, 0.1) is 5.82 Å². The second kappa shape index (κ2) is 6.40. The number of ether oxygens (including phenoxy) is 1. The lowest BCUT2D eigenvalue weighted by molar-refractivity contribution is 0.415. The zero-order chi connectivity index (χ0) is 14.9. The van der Waals surface area contributed by atoms with Crippen molar-refractivity contribution in [1.29, 1.82) is 0 Å². The molecule has 0 saturated heterocycles. The summed E-state index contributed by atoms with van der Waals surface area (Å²) in [6, 6.07) is 7.53. The fourth-order valence-electron chi connectivity index (χ4n) is 1.74. The molecule has 1 atom stereocenters. The maximum Gasteiger partial charge on any atom is 0.142 e. The van der Waals surface area contributed by atoms with E-state index in [9.17, 15) is 4.39 Å². The molecule has 0 N–H and O–H groups in total. The van der Waals surface area contributed by atoms with E-state index in [1.54, 1.807) is 18.2 Å². The van der Waals surface area contributed by atoms with Gasteiger partial charge in [0.25, 0.3) is 0 Å². The molecular weight excluding hydrogens is 345 g/mol. The van der Waals surface area contributed by atoms with Gasteiger partial charge in [-0.25, -0.2) is 4.39 Å². The van der Waals surface area contributed by atoms with Gasteiger partial charge in [-0.05, 0) is 29.3 Å². The molecule has 1 unspecified atom stereocenters. The Morgan fingerprint density at radius 3 is 2.30 bits per heavy atom. The van der Waals surface area contributed by atoms with Gasteiger partial charge >= 0.3 is 0 Å². The SMILES string of the molecule is COc1cc(Cl)c(C(Cl)c2ccc(Cl)c(F)c2)cc1Cl. The molecule has 0 radical (unpaired) electrons. The van der Waals surface area contributed by atoms with Crippen molar-refractivity contribution >= 4 is 46.4 Å². The van der Waals surface area contributed by atoms with Gasteiger partial charge in [0.1, 0.15) is 11.6 Å². The first-order valence-electron chi connectivity index (χ1n) is 5.56. The minimum atomic E-state index is -0.641. The lowest BCUT2D eigenvalue weighted by Gasteiger charge is -2.14. The van der Waals surface area contributed by atoms with Crippen LogP contribution in [-0.4, -0.2) is 7.11 Å². The lowest BCUT2D eigenvalue weighted by atomic mass is 10.0. The third-order valence-corrected chi connectivity index (χ3v) is 4.20. The quantitative estimate of drug-likeness (QED) is 0.603. The fraction of sp³-hybridized carbons (Fsp3) is 0.143. The summed E-state index contributed by atoms with van der Waals surface area (Å²) in [6.45, 7) is 0. The molecule has 0 aromatic heterocycles. The van der Waals surface area contributed by atoms with Crippen molar-refractivity contribution in [3.63, 3.8) is 0 Å². The highest BCUT2D eigenvalue weighted by Gasteiger charge is 2.18. The molecule has 20 heavy (non-hydrogen) atoms. The fourth-order valence-corrected chi connectivity index (χ4v) is 2.75. The van der Waals surface area contributed by atoms with E-state index in [1.807, 2.05) is 0 Å². The number of hydrogen-bond acceptors (Lipinski definition) is 1. The van der Waals surface area contributed by atoms with Crippen molar-refractivity contribution in [2.24, 2.45) is 0 Å². The number of alkyl halides is 1. The molecule has 0 fully saturated rings. The highest BCUT2D eigenvalue weighted by Crippen LogP contribution is 2.39. The summed E-state index contributed by atoms with van der Waals surface area (Å²) in [7, 11) is 1.49. The molecule has 0 amide bonds. The van der Waals surface area contributed by atoms with Crippen LogP contribution in [0.4, 0.5) is 4.39 Å². The predicted molar refractivity (Wildman–Crippen MR) is 82.1 cm³/mol. The Kier molecular flexibility index (Phi) is 5.03. The Bertz CT molecular complexity index is 645. The summed E-state index contributed by atoms with van der Waals surface area (Å²) in [4.78, 5) is 0. The standard InChI is InChI=1S/C14H9Cl4FO/c1-20-13-6-10(16)8(5-11(13)17)14(18)7-2-3-9(15)12(19)4-7/h2-6,14H,1H3. The minimum Gasteiger partial charge on any atom is -0.495 e. The Labute approximate surface area is 136 Å². The van der Waals surface area contributed by atoms with Gasteiger partial charge in [-0.2, -0.15) is 0 Å². The second-order valence-corrected chi connectivity index (χ2v) is 5.70. The van der Waals surface area contributed by atoms with Crippen molar-refractivity contribution in [2.75, 3.05) is 7.11 Å². The molecule has 2 aromatic carbocycles. The van der Waals surface area contributed by atoms with Gasteiger partial charge < -0.3 is 4.74 Å². The summed E-state index contributed by atoms with van der Waals surface area (Å²) in [6.07, 6.45) is 0. The predicted octanol–water partition coefficient (Wildman–Crippen LogP) is 6.12. The van der Waals surface area contributed by atoms with E-state index in [4.69, 9.17) is 51.1 Å². The number of hydrogen-bond donors (Lipinski definition) is 0. The smallest absolute Gasteiger partial charge is 0.142 e. The molecule has 2 aromatic rings. The normalized spacial score (nSPS) is 12.3. The number of halogens is 5. The van der Waals surface area contributed by atoms with Gasteiger partial charge in [0.15, 0.2) is 0 Å². The van der Waals surface area contributed by atoms with Crippen LogP contribution in [0.1, 0.15) is 16.5 Å². The van der Waals surface area contributed by atoms with Crippen LogP contribution < -0.4 is 4.74 Å². The number of methoxy groups -OCH3 is 1. The van der Waals surface area contributed by atoms with E-state index in [0.29, 0.717) is 26.9 Å². The van der Waals surface area contributed by atoms with Crippen LogP contribution >= 0.6 is 46.4 Å². The van der Waals surface area contributed by atoms with Gasteiger partial charge in [-0.15, -0.1) is 11.6 Å². The molecule has 0 spiro atoms. The van der Waals surface area contributed by atoms with E-state index in [0.717, 1.165) is 0 Å². The van der Waals surface area contributed by atoms with Crippen LogP contribution in [0.25, 0.3) is 0 Å². The van der Waals surface area contributed by atoms with Crippen molar-refractivity contribution in [3.8, 4) is 5.75 Å². The van der Waals surface area contributed by atoms with Crippen molar-refractivity contribution < 1.29 is 9.13 Å². The van der Waals surface area contributed by atoms with Gasteiger partial charge in [0.05, 0.1) is 22.5 Å². The summed E-state index contributed by atoms with van der Waals surface area (Å²) in [5, 5.41) is 0.169. The molecular formula is C14H9Cl4FO. The summed E-state index contributed by atoms with van der Waals surface area (Å²) < 4.78 is 18.5.